The zero-order valence-corrected chi connectivity index (χ0v) is 8.49. The Morgan fingerprint density at radius 2 is 2.00 bits per heavy atom. The molecule has 0 unspecified atom stereocenters. The van der Waals surface area contributed by atoms with Crippen LogP contribution in [0.4, 0.5) is 0 Å². The summed E-state index contributed by atoms with van der Waals surface area (Å²) < 4.78 is 10.6. The van der Waals surface area contributed by atoms with Crippen LogP contribution in [-0.4, -0.2) is 37.8 Å². The van der Waals surface area contributed by atoms with Crippen molar-refractivity contribution >= 4 is 0 Å². The van der Waals surface area contributed by atoms with Gasteiger partial charge < -0.3 is 9.47 Å². The van der Waals surface area contributed by atoms with Crippen LogP contribution in [0.2, 0.25) is 0 Å². The first kappa shape index (κ1) is 12.8. The molecule has 0 aromatic heterocycles. The van der Waals surface area contributed by atoms with Crippen LogP contribution in [0.3, 0.4) is 0 Å². The molecule has 0 rings (SSSR count). The maximum Gasteiger partial charge on any atom is 0.110 e. The quantitative estimate of drug-likeness (QED) is 0.343. The Bertz CT molecular complexity index is 91.6. The molecule has 4 nitrogen and oxygen atoms in total. The van der Waals surface area contributed by atoms with E-state index >= 15 is 0 Å². The maximum absolute atomic E-state index is 8.23. The Balaban J connectivity index is 3.33. The fraction of sp³-hybridized carbons (Fsp3) is 1.00. The van der Waals surface area contributed by atoms with E-state index in [0.717, 1.165) is 19.4 Å². The van der Waals surface area contributed by atoms with Crippen LogP contribution in [0.5, 0.6) is 0 Å². The smallest absolute Gasteiger partial charge is 0.110 e. The first-order valence-corrected chi connectivity index (χ1v) is 4.80. The number of unbranched alkanes of at least 4 members (excludes halogenated alkanes) is 1. The Labute approximate surface area is 79.7 Å². The lowest BCUT2D eigenvalue weighted by molar-refractivity contribution is -0.263. The molecule has 0 fully saturated rings. The summed E-state index contributed by atoms with van der Waals surface area (Å²) in [7, 11) is 0. The molecule has 0 aromatic rings. The van der Waals surface area contributed by atoms with E-state index in [1.165, 1.54) is 0 Å². The van der Waals surface area contributed by atoms with Gasteiger partial charge in [-0.1, -0.05) is 13.3 Å². The third kappa shape index (κ3) is 8.18. The molecule has 0 heterocycles. The van der Waals surface area contributed by atoms with Crippen LogP contribution >= 0.6 is 0 Å². The van der Waals surface area contributed by atoms with E-state index < -0.39 is 0 Å². The highest BCUT2D eigenvalue weighted by molar-refractivity contribution is 4.53. The molecule has 0 radical (unpaired) electrons. The van der Waals surface area contributed by atoms with Crippen LogP contribution in [0, 0.1) is 0 Å². The predicted molar refractivity (Wildman–Crippen MR) is 49.7 cm³/mol. The van der Waals surface area contributed by atoms with E-state index in [1.807, 2.05) is 6.92 Å². The van der Waals surface area contributed by atoms with E-state index in [0.29, 0.717) is 13.2 Å². The van der Waals surface area contributed by atoms with E-state index in [2.05, 4.69) is 11.8 Å². The molecule has 0 aliphatic heterocycles. The molecule has 0 aliphatic rings. The Hall–Kier alpha value is -0.160. The summed E-state index contributed by atoms with van der Waals surface area (Å²) >= 11 is 0. The van der Waals surface area contributed by atoms with Crippen LogP contribution in [0.15, 0.2) is 0 Å². The van der Waals surface area contributed by atoms with Gasteiger partial charge in [-0.15, -0.1) is 0 Å². The summed E-state index contributed by atoms with van der Waals surface area (Å²) in [5, 5.41) is 8.23. The first-order chi connectivity index (χ1) is 6.35. The fourth-order valence-electron chi connectivity index (χ4n) is 0.924. The monoisotopic (exact) mass is 192 g/mol. The van der Waals surface area contributed by atoms with Crippen LogP contribution < -0.4 is 0 Å². The van der Waals surface area contributed by atoms with Gasteiger partial charge in [0.05, 0.1) is 6.61 Å². The molecule has 1 N–H and O–H groups in total. The van der Waals surface area contributed by atoms with Crippen molar-refractivity contribution in [3.05, 3.63) is 0 Å². The highest BCUT2D eigenvalue weighted by Crippen LogP contribution is 1.96. The summed E-state index contributed by atoms with van der Waals surface area (Å²) in [6, 6.07) is 0. The molecule has 0 aromatic carbocycles. The lowest BCUT2D eigenvalue weighted by Gasteiger charge is -2.14. The maximum atomic E-state index is 8.23. The number of rotatable bonds is 9. The van der Waals surface area contributed by atoms with E-state index in [9.17, 15) is 0 Å². The third-order valence-electron chi connectivity index (χ3n) is 1.61. The molecule has 0 saturated heterocycles. The van der Waals surface area contributed by atoms with Crippen molar-refractivity contribution in [2.24, 2.45) is 0 Å². The summed E-state index contributed by atoms with van der Waals surface area (Å²) in [5.41, 5.74) is 0. The summed E-state index contributed by atoms with van der Waals surface area (Å²) in [6.45, 7) is 6.00. The van der Waals surface area contributed by atoms with Crippen molar-refractivity contribution in [1.82, 2.24) is 0 Å². The third-order valence-corrected chi connectivity index (χ3v) is 1.61. The molecule has 4 heteroatoms. The second-order valence-corrected chi connectivity index (χ2v) is 2.80. The summed E-state index contributed by atoms with van der Waals surface area (Å²) in [4.78, 5) is 4.01. The molecule has 0 amide bonds. The zero-order chi connectivity index (χ0) is 9.94. The molecular formula is C9H20O4. The molecule has 0 spiro atoms. The summed E-state index contributed by atoms with van der Waals surface area (Å²) in [5.74, 6) is 0. The van der Waals surface area contributed by atoms with Crippen molar-refractivity contribution in [2.75, 3.05) is 26.4 Å². The van der Waals surface area contributed by atoms with E-state index in [1.54, 1.807) is 0 Å². The average molecular weight is 192 g/mol. The van der Waals surface area contributed by atoms with Crippen molar-refractivity contribution in [3.63, 3.8) is 0 Å². The summed E-state index contributed by atoms with van der Waals surface area (Å²) in [6.07, 6.45) is 2.01. The van der Waals surface area contributed by atoms with Crippen LogP contribution in [-0.2, 0) is 14.4 Å². The molecule has 80 valence electrons. The normalized spacial score (nSPS) is 13.2. The van der Waals surface area contributed by atoms with E-state index in [-0.39, 0.29) is 12.7 Å². The largest absolute Gasteiger partial charge is 0.379 e. The lowest BCUT2D eigenvalue weighted by Crippen LogP contribution is -2.25. The van der Waals surface area contributed by atoms with Gasteiger partial charge in [0.25, 0.3) is 0 Å². The van der Waals surface area contributed by atoms with Gasteiger partial charge in [0.15, 0.2) is 0 Å². The van der Waals surface area contributed by atoms with Crippen LogP contribution in [0.25, 0.3) is 0 Å². The van der Waals surface area contributed by atoms with Gasteiger partial charge in [0.2, 0.25) is 0 Å². The lowest BCUT2D eigenvalue weighted by atomic mass is 10.3. The van der Waals surface area contributed by atoms with Gasteiger partial charge >= 0.3 is 0 Å². The zero-order valence-electron chi connectivity index (χ0n) is 8.49. The molecule has 1 atom stereocenters. The van der Waals surface area contributed by atoms with Gasteiger partial charge in [-0.05, 0) is 13.3 Å². The van der Waals surface area contributed by atoms with Crippen molar-refractivity contribution in [3.8, 4) is 0 Å². The second kappa shape index (κ2) is 9.92. The highest BCUT2D eigenvalue weighted by Gasteiger charge is 2.08. The Morgan fingerprint density at radius 3 is 2.54 bits per heavy atom. The Morgan fingerprint density at radius 1 is 1.23 bits per heavy atom. The van der Waals surface area contributed by atoms with E-state index in [4.69, 9.17) is 14.7 Å². The average Bonchev–Trinajstić information content (AvgIpc) is 2.13. The highest BCUT2D eigenvalue weighted by atomic mass is 17.1. The second-order valence-electron chi connectivity index (χ2n) is 2.80. The van der Waals surface area contributed by atoms with Crippen molar-refractivity contribution in [1.29, 1.82) is 0 Å². The first-order valence-electron chi connectivity index (χ1n) is 4.80. The standard InChI is InChI=1S/C9H20O4/c1-3-5-6-11-7-9(8-13-10)12-4-2/h9-10H,3-8H2,1-2H3/t9-/m1/s1. The van der Waals surface area contributed by atoms with Gasteiger partial charge in [0.1, 0.15) is 12.7 Å². The SMILES string of the molecule is CCCCOC[C@H](COO)OCC. The van der Waals surface area contributed by atoms with Gasteiger partial charge in [-0.3, -0.25) is 5.26 Å². The molecule has 0 saturated carbocycles. The minimum Gasteiger partial charge on any atom is -0.379 e. The molecule has 0 aliphatic carbocycles. The van der Waals surface area contributed by atoms with Crippen molar-refractivity contribution < 1.29 is 19.6 Å². The molecular weight excluding hydrogens is 172 g/mol. The van der Waals surface area contributed by atoms with Crippen molar-refractivity contribution in [2.45, 2.75) is 32.8 Å². The topological polar surface area (TPSA) is 47.9 Å². The molecule has 13 heavy (non-hydrogen) atoms. The fourth-order valence-corrected chi connectivity index (χ4v) is 0.924. The van der Waals surface area contributed by atoms with Gasteiger partial charge in [-0.2, -0.15) is 0 Å². The number of hydrogen-bond donors (Lipinski definition) is 1. The number of ether oxygens (including phenoxy) is 2. The van der Waals surface area contributed by atoms with Gasteiger partial charge in [-0.25, -0.2) is 4.89 Å². The predicted octanol–water partition coefficient (Wildman–Crippen LogP) is 1.70. The minimum atomic E-state index is -0.160. The molecule has 0 bridgehead atoms. The Kier molecular flexibility index (Phi) is 9.80. The van der Waals surface area contributed by atoms with Crippen LogP contribution in [0.1, 0.15) is 26.7 Å². The van der Waals surface area contributed by atoms with Gasteiger partial charge in [0, 0.05) is 13.2 Å². The number of hydrogen-bond acceptors (Lipinski definition) is 4. The minimum absolute atomic E-state index is 0.160.